The van der Waals surface area contributed by atoms with Crippen LogP contribution >= 0.6 is 0 Å². The molecule has 6 nitrogen and oxygen atoms in total. The van der Waals surface area contributed by atoms with Gasteiger partial charge in [-0.1, -0.05) is 6.07 Å². The van der Waals surface area contributed by atoms with E-state index in [9.17, 15) is 0 Å². The molecule has 1 aromatic rings. The molecule has 0 spiro atoms. The van der Waals surface area contributed by atoms with Gasteiger partial charge in [0.15, 0.2) is 5.96 Å². The summed E-state index contributed by atoms with van der Waals surface area (Å²) in [6.45, 7) is 4.18. The molecule has 0 saturated carbocycles. The number of nitrogens with zero attached hydrogens (tertiary/aromatic N) is 3. The van der Waals surface area contributed by atoms with Crippen molar-refractivity contribution in [3.05, 3.63) is 30.1 Å². The molecule has 6 heteroatoms. The van der Waals surface area contributed by atoms with Crippen molar-refractivity contribution in [2.24, 2.45) is 4.99 Å². The predicted octanol–water partition coefficient (Wildman–Crippen LogP) is 1.67. The zero-order valence-corrected chi connectivity index (χ0v) is 14.2. The van der Waals surface area contributed by atoms with Crippen molar-refractivity contribution in [1.29, 1.82) is 0 Å². The highest BCUT2D eigenvalue weighted by atomic mass is 16.5. The Bertz CT molecular complexity index is 459. The van der Waals surface area contributed by atoms with Gasteiger partial charge in [0.05, 0.1) is 18.3 Å². The smallest absolute Gasteiger partial charge is 0.193 e. The zero-order valence-electron chi connectivity index (χ0n) is 14.2. The van der Waals surface area contributed by atoms with Crippen molar-refractivity contribution >= 4 is 5.96 Å². The highest BCUT2D eigenvalue weighted by Crippen LogP contribution is 2.14. The molecule has 0 aliphatic carbocycles. The van der Waals surface area contributed by atoms with Gasteiger partial charge < -0.3 is 19.7 Å². The Hall–Kier alpha value is -1.66. The Labute approximate surface area is 138 Å². The molecule has 1 aromatic heterocycles. The summed E-state index contributed by atoms with van der Waals surface area (Å²) in [6, 6.07) is 5.94. The molecule has 1 N–H and O–H groups in total. The molecule has 2 rings (SSSR count). The van der Waals surface area contributed by atoms with E-state index in [-0.39, 0.29) is 0 Å². The molecule has 1 fully saturated rings. The summed E-state index contributed by atoms with van der Waals surface area (Å²) in [5, 5.41) is 3.39. The summed E-state index contributed by atoms with van der Waals surface area (Å²) in [7, 11) is 3.55. The molecule has 0 amide bonds. The monoisotopic (exact) mass is 320 g/mol. The number of hydrogen-bond donors (Lipinski definition) is 1. The number of rotatable bonds is 7. The van der Waals surface area contributed by atoms with Gasteiger partial charge in [0.2, 0.25) is 0 Å². The first-order valence-corrected chi connectivity index (χ1v) is 8.29. The van der Waals surface area contributed by atoms with E-state index in [1.165, 1.54) is 0 Å². The molecule has 0 aromatic carbocycles. The number of ether oxygens (including phenoxy) is 2. The van der Waals surface area contributed by atoms with Crippen molar-refractivity contribution in [3.63, 3.8) is 0 Å². The average Bonchev–Trinajstić information content (AvgIpc) is 2.61. The van der Waals surface area contributed by atoms with E-state index in [4.69, 9.17) is 9.47 Å². The summed E-state index contributed by atoms with van der Waals surface area (Å²) in [5.74, 6) is 0.938. The number of hydrogen-bond acceptors (Lipinski definition) is 4. The van der Waals surface area contributed by atoms with Crippen molar-refractivity contribution in [3.8, 4) is 0 Å². The Morgan fingerprint density at radius 1 is 1.35 bits per heavy atom. The number of nitrogens with one attached hydrogen (secondary N) is 1. The van der Waals surface area contributed by atoms with Gasteiger partial charge in [-0.25, -0.2) is 0 Å². The summed E-state index contributed by atoms with van der Waals surface area (Å²) in [6.07, 6.45) is 5.21. The Balaban J connectivity index is 1.70. The van der Waals surface area contributed by atoms with Gasteiger partial charge >= 0.3 is 0 Å². The lowest BCUT2D eigenvalue weighted by Gasteiger charge is -2.34. The van der Waals surface area contributed by atoms with Crippen molar-refractivity contribution in [2.45, 2.75) is 31.9 Å². The molecular weight excluding hydrogens is 292 g/mol. The fourth-order valence-corrected chi connectivity index (χ4v) is 2.69. The van der Waals surface area contributed by atoms with Crippen LogP contribution in [0.2, 0.25) is 0 Å². The molecule has 0 bridgehead atoms. The minimum atomic E-state index is 0.358. The first kappa shape index (κ1) is 17.7. The van der Waals surface area contributed by atoms with Crippen LogP contribution in [0.4, 0.5) is 0 Å². The molecule has 2 heterocycles. The second-order valence-electron chi connectivity index (χ2n) is 5.63. The van der Waals surface area contributed by atoms with Crippen LogP contribution in [-0.4, -0.2) is 62.4 Å². The van der Waals surface area contributed by atoms with Gasteiger partial charge in [-0.3, -0.25) is 9.98 Å². The number of piperidine rings is 1. The number of methoxy groups -OCH3 is 1. The van der Waals surface area contributed by atoms with E-state index in [1.807, 2.05) is 31.4 Å². The number of aliphatic imine (C=N–C) groups is 1. The van der Waals surface area contributed by atoms with Crippen molar-refractivity contribution in [1.82, 2.24) is 15.2 Å². The Morgan fingerprint density at radius 2 is 2.17 bits per heavy atom. The maximum Gasteiger partial charge on any atom is 0.193 e. The largest absolute Gasteiger partial charge is 0.385 e. The van der Waals surface area contributed by atoms with Gasteiger partial charge in [-0.05, 0) is 31.4 Å². The van der Waals surface area contributed by atoms with Gasteiger partial charge in [0, 0.05) is 46.7 Å². The number of aromatic nitrogens is 1. The third-order valence-electron chi connectivity index (χ3n) is 3.95. The highest BCUT2D eigenvalue weighted by Gasteiger charge is 2.21. The van der Waals surface area contributed by atoms with Gasteiger partial charge in [-0.15, -0.1) is 0 Å². The SMILES string of the molecule is CN=C(NCc1ccccn1)N1CCC(OCCCOC)CC1. The standard InChI is InChI=1S/C17H28N4O2/c1-18-17(20-14-15-6-3-4-9-19-15)21-10-7-16(8-11-21)23-13-5-12-22-2/h3-4,6,9,16H,5,7-8,10-14H2,1-2H3,(H,18,20). The Kier molecular flexibility index (Phi) is 7.83. The normalized spacial score (nSPS) is 16.6. The van der Waals surface area contributed by atoms with Crippen LogP contribution < -0.4 is 5.32 Å². The highest BCUT2D eigenvalue weighted by molar-refractivity contribution is 5.79. The average molecular weight is 320 g/mol. The zero-order chi connectivity index (χ0) is 16.3. The quantitative estimate of drug-likeness (QED) is 0.470. The van der Waals surface area contributed by atoms with Crippen LogP contribution in [0.3, 0.4) is 0 Å². The van der Waals surface area contributed by atoms with E-state index < -0.39 is 0 Å². The lowest BCUT2D eigenvalue weighted by atomic mass is 10.1. The van der Waals surface area contributed by atoms with Gasteiger partial charge in [-0.2, -0.15) is 0 Å². The molecule has 23 heavy (non-hydrogen) atoms. The van der Waals surface area contributed by atoms with E-state index in [2.05, 4.69) is 20.2 Å². The molecule has 0 atom stereocenters. The van der Waals surface area contributed by atoms with E-state index in [1.54, 1.807) is 7.11 Å². The van der Waals surface area contributed by atoms with Crippen molar-refractivity contribution < 1.29 is 9.47 Å². The maximum absolute atomic E-state index is 5.90. The van der Waals surface area contributed by atoms with Gasteiger partial charge in [0.25, 0.3) is 0 Å². The molecule has 1 saturated heterocycles. The molecule has 0 radical (unpaired) electrons. The fraction of sp³-hybridized carbons (Fsp3) is 0.647. The van der Waals surface area contributed by atoms with E-state index in [0.29, 0.717) is 12.6 Å². The second kappa shape index (κ2) is 10.2. The van der Waals surface area contributed by atoms with Crippen LogP contribution in [0.15, 0.2) is 29.4 Å². The first-order valence-electron chi connectivity index (χ1n) is 8.29. The minimum Gasteiger partial charge on any atom is -0.385 e. The molecule has 1 aliphatic rings. The number of guanidine groups is 1. The van der Waals surface area contributed by atoms with Crippen LogP contribution in [0, 0.1) is 0 Å². The van der Waals surface area contributed by atoms with Crippen molar-refractivity contribution in [2.75, 3.05) is 40.5 Å². The molecule has 0 unspecified atom stereocenters. The van der Waals surface area contributed by atoms with Crippen LogP contribution in [0.5, 0.6) is 0 Å². The lowest BCUT2D eigenvalue weighted by molar-refractivity contribution is 0.00989. The molecule has 128 valence electrons. The third-order valence-corrected chi connectivity index (χ3v) is 3.95. The summed E-state index contributed by atoms with van der Waals surface area (Å²) in [4.78, 5) is 11.0. The Morgan fingerprint density at radius 3 is 2.83 bits per heavy atom. The van der Waals surface area contributed by atoms with Gasteiger partial charge in [0.1, 0.15) is 0 Å². The molecule has 1 aliphatic heterocycles. The summed E-state index contributed by atoms with van der Waals surface area (Å²) < 4.78 is 10.9. The lowest BCUT2D eigenvalue weighted by Crippen LogP contribution is -2.46. The van der Waals surface area contributed by atoms with Crippen LogP contribution in [0.1, 0.15) is 25.0 Å². The maximum atomic E-state index is 5.90. The fourth-order valence-electron chi connectivity index (χ4n) is 2.69. The molecular formula is C17H28N4O2. The summed E-state index contributed by atoms with van der Waals surface area (Å²) >= 11 is 0. The van der Waals surface area contributed by atoms with Crippen LogP contribution in [-0.2, 0) is 16.0 Å². The first-order chi connectivity index (χ1) is 11.3. The third kappa shape index (κ3) is 6.15. The summed E-state index contributed by atoms with van der Waals surface area (Å²) in [5.41, 5.74) is 1.02. The van der Waals surface area contributed by atoms with E-state index in [0.717, 1.165) is 57.2 Å². The number of pyridine rings is 1. The van der Waals surface area contributed by atoms with Crippen LogP contribution in [0.25, 0.3) is 0 Å². The van der Waals surface area contributed by atoms with E-state index >= 15 is 0 Å². The second-order valence-corrected chi connectivity index (χ2v) is 5.63. The number of likely N-dealkylation sites (tertiary alicyclic amines) is 1. The topological polar surface area (TPSA) is 59.0 Å². The minimum absolute atomic E-state index is 0.358. The predicted molar refractivity (Wildman–Crippen MR) is 91.5 cm³/mol.